The second kappa shape index (κ2) is 7.52. The molecule has 6 heteroatoms. The van der Waals surface area contributed by atoms with Crippen molar-refractivity contribution >= 4 is 9.84 Å². The summed E-state index contributed by atoms with van der Waals surface area (Å²) >= 11 is 0. The number of sulfone groups is 1. The van der Waals surface area contributed by atoms with E-state index in [1.807, 2.05) is 12.1 Å². The van der Waals surface area contributed by atoms with Gasteiger partial charge in [-0.05, 0) is 56.2 Å². The average Bonchev–Trinajstić information content (AvgIpc) is 3.09. The molecule has 4 atom stereocenters. The lowest BCUT2D eigenvalue weighted by Gasteiger charge is -2.35. The molecule has 0 aromatic heterocycles. The standard InChI is InChI=1S/C18H28N2O3S/c1-13(15-10-11-23-12-15)19-18-5-3-4-17(20-18)14-6-8-16(9-7-14)24(2,21)22/h6-9,13,15,17-20H,3-5,10-12H2,1-2H3/t13-,15?,17?,18?/m0/s1. The molecule has 1 aromatic carbocycles. The Kier molecular flexibility index (Phi) is 5.59. The third-order valence-corrected chi connectivity index (χ3v) is 6.36. The van der Waals surface area contributed by atoms with Crippen molar-refractivity contribution in [3.05, 3.63) is 29.8 Å². The molecule has 0 aliphatic carbocycles. The van der Waals surface area contributed by atoms with Gasteiger partial charge in [-0.15, -0.1) is 0 Å². The van der Waals surface area contributed by atoms with Crippen LogP contribution in [0.5, 0.6) is 0 Å². The SMILES string of the molecule is C[C@H](NC1CCCC(c2ccc(S(C)(=O)=O)cc2)N1)C1CCOC1. The summed E-state index contributed by atoms with van der Waals surface area (Å²) in [4.78, 5) is 0.381. The third-order valence-electron chi connectivity index (χ3n) is 5.23. The van der Waals surface area contributed by atoms with Crippen molar-refractivity contribution < 1.29 is 13.2 Å². The summed E-state index contributed by atoms with van der Waals surface area (Å²) in [6, 6.07) is 8.01. The molecule has 2 saturated heterocycles. The lowest BCUT2D eigenvalue weighted by molar-refractivity contribution is 0.170. The molecule has 24 heavy (non-hydrogen) atoms. The first-order valence-electron chi connectivity index (χ1n) is 8.83. The van der Waals surface area contributed by atoms with Gasteiger partial charge < -0.3 is 4.74 Å². The highest BCUT2D eigenvalue weighted by Gasteiger charge is 2.27. The van der Waals surface area contributed by atoms with Crippen molar-refractivity contribution in [2.24, 2.45) is 5.92 Å². The number of ether oxygens (including phenoxy) is 1. The first-order chi connectivity index (χ1) is 11.4. The predicted octanol–water partition coefficient (Wildman–Crippen LogP) is 2.25. The van der Waals surface area contributed by atoms with Gasteiger partial charge in [0.15, 0.2) is 9.84 Å². The Bertz CT molecular complexity index is 639. The van der Waals surface area contributed by atoms with Gasteiger partial charge in [-0.25, -0.2) is 8.42 Å². The summed E-state index contributed by atoms with van der Waals surface area (Å²) in [7, 11) is -3.13. The van der Waals surface area contributed by atoms with Gasteiger partial charge in [0.25, 0.3) is 0 Å². The van der Waals surface area contributed by atoms with E-state index in [0.717, 1.165) is 44.5 Å². The van der Waals surface area contributed by atoms with Gasteiger partial charge in [0.2, 0.25) is 0 Å². The summed E-state index contributed by atoms with van der Waals surface area (Å²) < 4.78 is 28.7. The Morgan fingerprint density at radius 3 is 2.58 bits per heavy atom. The monoisotopic (exact) mass is 352 g/mol. The second-order valence-corrected chi connectivity index (χ2v) is 9.14. The highest BCUT2D eigenvalue weighted by molar-refractivity contribution is 7.90. The number of hydrogen-bond acceptors (Lipinski definition) is 5. The van der Waals surface area contributed by atoms with E-state index in [0.29, 0.717) is 23.0 Å². The molecule has 2 aliphatic heterocycles. The third kappa shape index (κ3) is 4.36. The van der Waals surface area contributed by atoms with E-state index in [2.05, 4.69) is 17.6 Å². The van der Waals surface area contributed by atoms with Crippen LogP contribution < -0.4 is 10.6 Å². The van der Waals surface area contributed by atoms with Gasteiger partial charge in [-0.2, -0.15) is 0 Å². The molecular formula is C18H28N2O3S. The number of rotatable bonds is 5. The quantitative estimate of drug-likeness (QED) is 0.851. The van der Waals surface area contributed by atoms with Gasteiger partial charge in [-0.1, -0.05) is 12.1 Å². The van der Waals surface area contributed by atoms with Crippen molar-refractivity contribution in [3.63, 3.8) is 0 Å². The maximum Gasteiger partial charge on any atom is 0.175 e. The van der Waals surface area contributed by atoms with E-state index < -0.39 is 9.84 Å². The molecule has 2 fully saturated rings. The highest BCUT2D eigenvalue weighted by Crippen LogP contribution is 2.27. The van der Waals surface area contributed by atoms with Crippen LogP contribution in [-0.2, 0) is 14.6 Å². The lowest BCUT2D eigenvalue weighted by Crippen LogP contribution is -2.51. The van der Waals surface area contributed by atoms with Crippen LogP contribution in [0.15, 0.2) is 29.2 Å². The largest absolute Gasteiger partial charge is 0.381 e. The summed E-state index contributed by atoms with van der Waals surface area (Å²) in [5, 5.41) is 7.39. The van der Waals surface area contributed by atoms with Crippen LogP contribution in [0, 0.1) is 5.92 Å². The molecule has 134 valence electrons. The van der Waals surface area contributed by atoms with Gasteiger partial charge in [0.1, 0.15) is 0 Å². The van der Waals surface area contributed by atoms with E-state index in [1.165, 1.54) is 6.26 Å². The summed E-state index contributed by atoms with van der Waals surface area (Å²) in [6.45, 7) is 3.98. The number of benzene rings is 1. The Morgan fingerprint density at radius 2 is 1.96 bits per heavy atom. The van der Waals surface area contributed by atoms with Crippen LogP contribution in [0.25, 0.3) is 0 Å². The molecule has 0 spiro atoms. The first kappa shape index (κ1) is 17.9. The number of piperidine rings is 1. The maximum absolute atomic E-state index is 11.6. The average molecular weight is 353 g/mol. The molecular weight excluding hydrogens is 324 g/mol. The van der Waals surface area contributed by atoms with E-state index in [-0.39, 0.29) is 6.04 Å². The normalized spacial score (nSPS) is 29.5. The van der Waals surface area contributed by atoms with E-state index in [1.54, 1.807) is 12.1 Å². The summed E-state index contributed by atoms with van der Waals surface area (Å²) in [5.41, 5.74) is 1.16. The fourth-order valence-electron chi connectivity index (χ4n) is 3.68. The van der Waals surface area contributed by atoms with Crippen molar-refractivity contribution in [1.29, 1.82) is 0 Å². The molecule has 2 N–H and O–H groups in total. The van der Waals surface area contributed by atoms with E-state index in [4.69, 9.17) is 4.74 Å². The molecule has 0 radical (unpaired) electrons. The van der Waals surface area contributed by atoms with Gasteiger partial charge in [0, 0.05) is 24.9 Å². The van der Waals surface area contributed by atoms with Crippen LogP contribution >= 0.6 is 0 Å². The molecule has 3 rings (SSSR count). The first-order valence-corrected chi connectivity index (χ1v) is 10.7. The Labute approximate surface area is 145 Å². The predicted molar refractivity (Wildman–Crippen MR) is 94.6 cm³/mol. The number of nitrogens with one attached hydrogen (secondary N) is 2. The van der Waals surface area contributed by atoms with Gasteiger partial charge >= 0.3 is 0 Å². The Hall–Kier alpha value is -0.950. The summed E-state index contributed by atoms with van der Waals surface area (Å²) in [6.07, 6.45) is 6.05. The highest BCUT2D eigenvalue weighted by atomic mass is 32.2. The smallest absolute Gasteiger partial charge is 0.175 e. The molecule has 0 amide bonds. The van der Waals surface area contributed by atoms with Crippen molar-refractivity contribution in [2.45, 2.75) is 55.8 Å². The van der Waals surface area contributed by atoms with Gasteiger partial charge in [0.05, 0.1) is 17.7 Å². The minimum Gasteiger partial charge on any atom is -0.381 e. The zero-order valence-corrected chi connectivity index (χ0v) is 15.3. The van der Waals surface area contributed by atoms with Gasteiger partial charge in [-0.3, -0.25) is 10.6 Å². The van der Waals surface area contributed by atoms with Crippen LogP contribution in [-0.4, -0.2) is 40.1 Å². The van der Waals surface area contributed by atoms with Crippen molar-refractivity contribution in [1.82, 2.24) is 10.6 Å². The molecule has 2 aliphatic rings. The van der Waals surface area contributed by atoms with Crippen molar-refractivity contribution in [2.75, 3.05) is 19.5 Å². The zero-order valence-electron chi connectivity index (χ0n) is 14.5. The second-order valence-electron chi connectivity index (χ2n) is 7.12. The zero-order chi connectivity index (χ0) is 17.2. The van der Waals surface area contributed by atoms with E-state index in [9.17, 15) is 8.42 Å². The molecule has 1 aromatic rings. The van der Waals surface area contributed by atoms with Crippen LogP contribution in [0.2, 0.25) is 0 Å². The molecule has 0 bridgehead atoms. The Balaban J connectivity index is 1.60. The minimum absolute atomic E-state index is 0.275. The van der Waals surface area contributed by atoms with Crippen LogP contribution in [0.1, 0.15) is 44.2 Å². The van der Waals surface area contributed by atoms with Crippen LogP contribution in [0.3, 0.4) is 0 Å². The van der Waals surface area contributed by atoms with Crippen molar-refractivity contribution in [3.8, 4) is 0 Å². The molecule has 3 unspecified atom stereocenters. The Morgan fingerprint density at radius 1 is 1.21 bits per heavy atom. The fourth-order valence-corrected chi connectivity index (χ4v) is 4.31. The molecule has 5 nitrogen and oxygen atoms in total. The molecule has 0 saturated carbocycles. The fraction of sp³-hybridized carbons (Fsp3) is 0.667. The number of hydrogen-bond donors (Lipinski definition) is 2. The summed E-state index contributed by atoms with van der Waals surface area (Å²) in [5.74, 6) is 0.598. The molecule has 2 heterocycles. The van der Waals surface area contributed by atoms with E-state index >= 15 is 0 Å². The minimum atomic E-state index is -3.13. The maximum atomic E-state index is 11.6. The van der Waals surface area contributed by atoms with Crippen LogP contribution in [0.4, 0.5) is 0 Å². The lowest BCUT2D eigenvalue weighted by atomic mass is 9.94. The topological polar surface area (TPSA) is 67.4 Å².